The highest BCUT2D eigenvalue weighted by Crippen LogP contribution is 2.32. The molecule has 1 saturated heterocycles. The standard InChI is InChI=1S/C23H27N3S/c1-18-17-26(15-8-11-19-9-4-3-5-10-19)16-14-21(18)25(2)23-24-20-12-6-7-13-22(20)27-23/h3-13,18,21H,14-17H2,1-2H3. The van der Waals surface area contributed by atoms with Crippen molar-refractivity contribution in [3.8, 4) is 0 Å². The van der Waals surface area contributed by atoms with Crippen molar-refractivity contribution in [3.63, 3.8) is 0 Å². The van der Waals surface area contributed by atoms with Gasteiger partial charge in [-0.25, -0.2) is 4.98 Å². The van der Waals surface area contributed by atoms with Gasteiger partial charge < -0.3 is 4.90 Å². The third-order valence-corrected chi connectivity index (χ3v) is 6.63. The molecule has 140 valence electrons. The SMILES string of the molecule is CC1CN(CC=Cc2ccccc2)CCC1N(C)c1nc2ccccc2s1. The van der Waals surface area contributed by atoms with Gasteiger partial charge in [-0.1, -0.05) is 72.9 Å². The summed E-state index contributed by atoms with van der Waals surface area (Å²) in [7, 11) is 2.21. The van der Waals surface area contributed by atoms with Gasteiger partial charge in [-0.3, -0.25) is 4.90 Å². The molecular formula is C23H27N3S. The predicted octanol–water partition coefficient (Wildman–Crippen LogP) is 5.16. The molecule has 0 aliphatic carbocycles. The van der Waals surface area contributed by atoms with Gasteiger partial charge in [0.25, 0.3) is 0 Å². The summed E-state index contributed by atoms with van der Waals surface area (Å²) in [5.41, 5.74) is 2.39. The van der Waals surface area contributed by atoms with Crippen LogP contribution in [0, 0.1) is 5.92 Å². The van der Waals surface area contributed by atoms with Crippen molar-refractivity contribution in [2.75, 3.05) is 31.6 Å². The highest BCUT2D eigenvalue weighted by molar-refractivity contribution is 7.22. The monoisotopic (exact) mass is 377 g/mol. The van der Waals surface area contributed by atoms with Gasteiger partial charge in [0.2, 0.25) is 0 Å². The first-order valence-electron chi connectivity index (χ1n) is 9.73. The van der Waals surface area contributed by atoms with Crippen LogP contribution in [-0.4, -0.2) is 42.6 Å². The van der Waals surface area contributed by atoms with Crippen LogP contribution in [0.1, 0.15) is 18.9 Å². The van der Waals surface area contributed by atoms with Crippen LogP contribution in [-0.2, 0) is 0 Å². The summed E-state index contributed by atoms with van der Waals surface area (Å²) in [5, 5.41) is 1.14. The molecule has 2 atom stereocenters. The van der Waals surface area contributed by atoms with Crippen molar-refractivity contribution in [2.24, 2.45) is 5.92 Å². The first-order chi connectivity index (χ1) is 13.2. The van der Waals surface area contributed by atoms with E-state index in [0.29, 0.717) is 12.0 Å². The van der Waals surface area contributed by atoms with Gasteiger partial charge >= 0.3 is 0 Å². The van der Waals surface area contributed by atoms with Crippen molar-refractivity contribution in [1.82, 2.24) is 9.88 Å². The quantitative estimate of drug-likeness (QED) is 0.612. The molecule has 2 heterocycles. The lowest BCUT2D eigenvalue weighted by molar-refractivity contribution is 0.177. The van der Waals surface area contributed by atoms with Crippen LogP contribution in [0.4, 0.5) is 5.13 Å². The Morgan fingerprint density at radius 3 is 2.70 bits per heavy atom. The lowest BCUT2D eigenvalue weighted by atomic mass is 9.93. The van der Waals surface area contributed by atoms with Crippen LogP contribution < -0.4 is 4.90 Å². The van der Waals surface area contributed by atoms with Crippen molar-refractivity contribution >= 4 is 32.8 Å². The van der Waals surface area contributed by atoms with E-state index in [0.717, 1.165) is 30.3 Å². The van der Waals surface area contributed by atoms with Crippen LogP contribution in [0.15, 0.2) is 60.7 Å². The fraction of sp³-hybridized carbons (Fsp3) is 0.348. The Morgan fingerprint density at radius 2 is 1.93 bits per heavy atom. The maximum atomic E-state index is 4.84. The number of hydrogen-bond donors (Lipinski definition) is 0. The normalized spacial score (nSPS) is 21.1. The Kier molecular flexibility index (Phi) is 5.55. The molecule has 0 bridgehead atoms. The summed E-state index contributed by atoms with van der Waals surface area (Å²) >= 11 is 1.80. The van der Waals surface area contributed by atoms with Crippen LogP contribution in [0.25, 0.3) is 16.3 Å². The first-order valence-corrected chi connectivity index (χ1v) is 10.5. The molecule has 1 aromatic heterocycles. The van der Waals surface area contributed by atoms with E-state index >= 15 is 0 Å². The second-order valence-electron chi connectivity index (χ2n) is 7.48. The van der Waals surface area contributed by atoms with Gasteiger partial charge in [-0.2, -0.15) is 0 Å². The molecule has 0 radical (unpaired) electrons. The number of thiazole rings is 1. The average molecular weight is 378 g/mol. The number of nitrogens with zero attached hydrogens (tertiary/aromatic N) is 3. The molecule has 1 aliphatic rings. The topological polar surface area (TPSA) is 19.4 Å². The summed E-state index contributed by atoms with van der Waals surface area (Å²) in [4.78, 5) is 9.82. The minimum Gasteiger partial charge on any atom is -0.348 e. The Bertz CT molecular complexity index is 869. The molecule has 27 heavy (non-hydrogen) atoms. The molecule has 4 rings (SSSR count). The van der Waals surface area contributed by atoms with Crippen LogP contribution >= 0.6 is 11.3 Å². The zero-order valence-corrected chi connectivity index (χ0v) is 16.9. The lowest BCUT2D eigenvalue weighted by Crippen LogP contribution is -2.49. The van der Waals surface area contributed by atoms with Crippen molar-refractivity contribution in [2.45, 2.75) is 19.4 Å². The van der Waals surface area contributed by atoms with E-state index < -0.39 is 0 Å². The van der Waals surface area contributed by atoms with Crippen LogP contribution in [0.2, 0.25) is 0 Å². The number of aromatic nitrogens is 1. The number of benzene rings is 2. The van der Waals surface area contributed by atoms with Gasteiger partial charge in [-0.05, 0) is 30.0 Å². The van der Waals surface area contributed by atoms with Crippen LogP contribution in [0.3, 0.4) is 0 Å². The number of anilines is 1. The Morgan fingerprint density at radius 1 is 1.15 bits per heavy atom. The molecule has 1 aliphatic heterocycles. The van der Waals surface area contributed by atoms with E-state index in [-0.39, 0.29) is 0 Å². The molecule has 1 fully saturated rings. The molecular weight excluding hydrogens is 350 g/mol. The lowest BCUT2D eigenvalue weighted by Gasteiger charge is -2.41. The van der Waals surface area contributed by atoms with Gasteiger partial charge in [0, 0.05) is 32.7 Å². The zero-order valence-electron chi connectivity index (χ0n) is 16.1. The molecule has 0 N–H and O–H groups in total. The number of piperidine rings is 1. The fourth-order valence-corrected chi connectivity index (χ4v) is 5.00. The third-order valence-electron chi connectivity index (χ3n) is 5.50. The van der Waals surface area contributed by atoms with E-state index in [1.165, 1.54) is 16.7 Å². The second kappa shape index (κ2) is 8.24. The predicted molar refractivity (Wildman–Crippen MR) is 118 cm³/mol. The van der Waals surface area contributed by atoms with E-state index in [4.69, 9.17) is 4.98 Å². The van der Waals surface area contributed by atoms with Gasteiger partial charge in [-0.15, -0.1) is 0 Å². The zero-order chi connectivity index (χ0) is 18.6. The van der Waals surface area contributed by atoms with Crippen molar-refractivity contribution in [1.29, 1.82) is 0 Å². The van der Waals surface area contributed by atoms with Crippen molar-refractivity contribution in [3.05, 3.63) is 66.2 Å². The molecule has 2 aromatic carbocycles. The summed E-state index contributed by atoms with van der Waals surface area (Å²) in [6.07, 6.45) is 5.70. The minimum atomic E-state index is 0.555. The molecule has 2 unspecified atom stereocenters. The first kappa shape index (κ1) is 18.2. The Hall–Kier alpha value is -2.17. The number of para-hydroxylation sites is 1. The Balaban J connectivity index is 1.36. The smallest absolute Gasteiger partial charge is 0.186 e. The van der Waals surface area contributed by atoms with Crippen LogP contribution in [0.5, 0.6) is 0 Å². The van der Waals surface area contributed by atoms with Gasteiger partial charge in [0.1, 0.15) is 0 Å². The second-order valence-corrected chi connectivity index (χ2v) is 8.49. The summed E-state index contributed by atoms with van der Waals surface area (Å²) < 4.78 is 1.27. The number of likely N-dealkylation sites (tertiary alicyclic amines) is 1. The third kappa shape index (κ3) is 4.23. The Labute approximate surface area is 166 Å². The molecule has 3 aromatic rings. The average Bonchev–Trinajstić information content (AvgIpc) is 3.13. The highest BCUT2D eigenvalue weighted by Gasteiger charge is 2.29. The fourth-order valence-electron chi connectivity index (χ4n) is 4.02. The molecule has 3 nitrogen and oxygen atoms in total. The summed E-state index contributed by atoms with van der Waals surface area (Å²) in [5.74, 6) is 0.626. The van der Waals surface area contributed by atoms with E-state index in [1.54, 1.807) is 11.3 Å². The molecule has 4 heteroatoms. The van der Waals surface area contributed by atoms with E-state index in [9.17, 15) is 0 Å². The van der Waals surface area contributed by atoms with Crippen molar-refractivity contribution < 1.29 is 0 Å². The van der Waals surface area contributed by atoms with E-state index in [1.807, 2.05) is 0 Å². The number of fused-ring (bicyclic) bond motifs is 1. The number of hydrogen-bond acceptors (Lipinski definition) is 4. The molecule has 0 amide bonds. The highest BCUT2D eigenvalue weighted by atomic mass is 32.1. The molecule has 0 saturated carbocycles. The maximum Gasteiger partial charge on any atom is 0.186 e. The minimum absolute atomic E-state index is 0.555. The summed E-state index contributed by atoms with van der Waals surface area (Å²) in [6, 6.07) is 19.5. The van der Waals surface area contributed by atoms with E-state index in [2.05, 4.69) is 90.5 Å². The maximum absolute atomic E-state index is 4.84. The van der Waals surface area contributed by atoms with Gasteiger partial charge in [0.05, 0.1) is 10.2 Å². The molecule has 0 spiro atoms. The summed E-state index contributed by atoms with van der Waals surface area (Å²) in [6.45, 7) is 5.68. The number of rotatable bonds is 5. The largest absolute Gasteiger partial charge is 0.348 e. The van der Waals surface area contributed by atoms with Gasteiger partial charge in [0.15, 0.2) is 5.13 Å².